The zero-order chi connectivity index (χ0) is 12.8. The van der Waals surface area contributed by atoms with Gasteiger partial charge in [0.15, 0.2) is 11.5 Å². The third-order valence-electron chi connectivity index (χ3n) is 4.04. The predicted molar refractivity (Wildman–Crippen MR) is 69.4 cm³/mol. The molecule has 0 spiro atoms. The van der Waals surface area contributed by atoms with Gasteiger partial charge < -0.3 is 15.2 Å². The maximum Gasteiger partial charge on any atom is 0.231 e. The monoisotopic (exact) mass is 315 g/mol. The minimum Gasteiger partial charge on any atom is -0.454 e. The van der Waals surface area contributed by atoms with Crippen LogP contribution >= 0.6 is 15.9 Å². The highest BCUT2D eigenvalue weighted by molar-refractivity contribution is 9.10. The first-order valence-electron chi connectivity index (χ1n) is 6.16. The molecule has 3 nitrogen and oxygen atoms in total. The molecule has 98 valence electrons. The van der Waals surface area contributed by atoms with Crippen molar-refractivity contribution in [3.8, 4) is 11.5 Å². The van der Waals surface area contributed by atoms with Crippen molar-refractivity contribution in [1.29, 1.82) is 0 Å². The fourth-order valence-corrected chi connectivity index (χ4v) is 3.48. The molecule has 0 atom stereocenters. The molecule has 5 heteroatoms. The van der Waals surface area contributed by atoms with E-state index in [1.165, 1.54) is 0 Å². The van der Waals surface area contributed by atoms with E-state index in [2.05, 4.69) is 15.9 Å². The van der Waals surface area contributed by atoms with Crippen molar-refractivity contribution in [2.75, 3.05) is 13.3 Å². The maximum atomic E-state index is 14.5. The summed E-state index contributed by atoms with van der Waals surface area (Å²) in [5.41, 5.74) is 6.24. The van der Waals surface area contributed by atoms with Crippen LogP contribution in [-0.2, 0) is 5.41 Å². The third kappa shape index (κ3) is 1.64. The molecule has 0 bridgehead atoms. The smallest absolute Gasteiger partial charge is 0.231 e. The molecule has 1 aromatic carbocycles. The summed E-state index contributed by atoms with van der Waals surface area (Å²) in [4.78, 5) is 0. The number of hydrogen-bond acceptors (Lipinski definition) is 3. The summed E-state index contributed by atoms with van der Waals surface area (Å²) in [6.45, 7) is 0.592. The van der Waals surface area contributed by atoms with E-state index in [1.54, 1.807) is 6.07 Å². The normalized spacial score (nSPS) is 20.4. The number of hydrogen-bond donors (Lipinski definition) is 1. The highest BCUT2D eigenvalue weighted by Crippen LogP contribution is 2.51. The summed E-state index contributed by atoms with van der Waals surface area (Å²) in [5.74, 6) is 0.896. The Morgan fingerprint density at radius 3 is 2.72 bits per heavy atom. The van der Waals surface area contributed by atoms with Gasteiger partial charge in [-0.15, -0.1) is 0 Å². The summed E-state index contributed by atoms with van der Waals surface area (Å²) < 4.78 is 25.8. The molecule has 2 N–H and O–H groups in total. The Bertz CT molecular complexity index is 486. The van der Waals surface area contributed by atoms with E-state index in [0.29, 0.717) is 28.1 Å². The van der Waals surface area contributed by atoms with E-state index < -0.39 is 0 Å². The van der Waals surface area contributed by atoms with Gasteiger partial charge in [-0.1, -0.05) is 12.8 Å². The summed E-state index contributed by atoms with van der Waals surface area (Å²) in [6.07, 6.45) is 3.98. The molecule has 3 rings (SSSR count). The standard InChI is InChI=1S/C13H15BrFNO2/c14-8-5-9-12(18-7-17-9)10(11(8)15)13(6-16)3-1-2-4-13/h5H,1-4,6-7,16H2. The van der Waals surface area contributed by atoms with Crippen molar-refractivity contribution in [3.63, 3.8) is 0 Å². The van der Waals surface area contributed by atoms with Crippen molar-refractivity contribution >= 4 is 15.9 Å². The molecule has 1 heterocycles. The first kappa shape index (κ1) is 12.2. The van der Waals surface area contributed by atoms with Crippen molar-refractivity contribution in [2.45, 2.75) is 31.1 Å². The van der Waals surface area contributed by atoms with Gasteiger partial charge in [0.25, 0.3) is 0 Å². The number of rotatable bonds is 2. The third-order valence-corrected chi connectivity index (χ3v) is 4.61. The number of fused-ring (bicyclic) bond motifs is 1. The summed E-state index contributed by atoms with van der Waals surface area (Å²) in [7, 11) is 0. The Morgan fingerprint density at radius 1 is 1.33 bits per heavy atom. The van der Waals surface area contributed by atoms with E-state index in [0.717, 1.165) is 25.7 Å². The molecule has 1 fully saturated rings. The Morgan fingerprint density at radius 2 is 2.06 bits per heavy atom. The summed E-state index contributed by atoms with van der Waals surface area (Å²) in [6, 6.07) is 1.63. The topological polar surface area (TPSA) is 44.5 Å². The Labute approximate surface area is 114 Å². The minimum absolute atomic E-state index is 0.152. The highest BCUT2D eigenvalue weighted by atomic mass is 79.9. The molecule has 0 amide bonds. The first-order chi connectivity index (χ1) is 8.68. The second kappa shape index (κ2) is 4.38. The van der Waals surface area contributed by atoms with Gasteiger partial charge in [-0.05, 0) is 28.8 Å². The Balaban J connectivity index is 2.21. The molecule has 1 aliphatic carbocycles. The molecule has 0 saturated heterocycles. The molecule has 1 aliphatic heterocycles. The quantitative estimate of drug-likeness (QED) is 0.912. The first-order valence-corrected chi connectivity index (χ1v) is 6.95. The molecule has 18 heavy (non-hydrogen) atoms. The Kier molecular flexibility index (Phi) is 2.98. The van der Waals surface area contributed by atoms with Gasteiger partial charge in [0.05, 0.1) is 4.47 Å². The van der Waals surface area contributed by atoms with Crippen molar-refractivity contribution in [2.24, 2.45) is 5.73 Å². The van der Waals surface area contributed by atoms with E-state index in [9.17, 15) is 4.39 Å². The van der Waals surface area contributed by atoms with Crippen LogP contribution in [0.4, 0.5) is 4.39 Å². The fourth-order valence-electron chi connectivity index (χ4n) is 3.07. The number of halogens is 2. The van der Waals surface area contributed by atoms with Crippen LogP contribution in [-0.4, -0.2) is 13.3 Å². The average Bonchev–Trinajstić information content (AvgIpc) is 3.00. The van der Waals surface area contributed by atoms with Gasteiger partial charge in [-0.3, -0.25) is 0 Å². The molecule has 0 radical (unpaired) electrons. The SMILES string of the molecule is NCC1(c2c(F)c(Br)cc3c2OCO3)CCCC1. The van der Waals surface area contributed by atoms with Crippen LogP contribution in [0, 0.1) is 5.82 Å². The molecule has 1 aromatic rings. The second-order valence-electron chi connectivity index (χ2n) is 4.97. The molecule has 2 aliphatic rings. The molecular weight excluding hydrogens is 301 g/mol. The van der Waals surface area contributed by atoms with Crippen LogP contribution in [0.15, 0.2) is 10.5 Å². The lowest BCUT2D eigenvalue weighted by Crippen LogP contribution is -2.33. The van der Waals surface area contributed by atoms with E-state index in [1.807, 2.05) is 0 Å². The predicted octanol–water partition coefficient (Wildman–Crippen LogP) is 3.09. The van der Waals surface area contributed by atoms with Gasteiger partial charge in [0.2, 0.25) is 6.79 Å². The summed E-state index contributed by atoms with van der Waals surface area (Å²) >= 11 is 3.25. The van der Waals surface area contributed by atoms with E-state index in [-0.39, 0.29) is 18.0 Å². The molecule has 1 saturated carbocycles. The van der Waals surface area contributed by atoms with Crippen molar-refractivity contribution in [1.82, 2.24) is 0 Å². The summed E-state index contributed by atoms with van der Waals surface area (Å²) in [5, 5.41) is 0. The van der Waals surface area contributed by atoms with Gasteiger partial charge >= 0.3 is 0 Å². The van der Waals surface area contributed by atoms with Gasteiger partial charge in [0, 0.05) is 23.6 Å². The lowest BCUT2D eigenvalue weighted by atomic mass is 9.78. The number of nitrogens with two attached hydrogens (primary N) is 1. The lowest BCUT2D eigenvalue weighted by molar-refractivity contribution is 0.171. The Hall–Kier alpha value is -0.810. The van der Waals surface area contributed by atoms with Gasteiger partial charge in [0.1, 0.15) is 5.82 Å². The lowest BCUT2D eigenvalue weighted by Gasteiger charge is -2.29. The number of ether oxygens (including phenoxy) is 2. The fraction of sp³-hybridized carbons (Fsp3) is 0.538. The highest BCUT2D eigenvalue weighted by Gasteiger charge is 2.41. The molecule has 0 unspecified atom stereocenters. The van der Waals surface area contributed by atoms with Crippen LogP contribution in [0.2, 0.25) is 0 Å². The van der Waals surface area contributed by atoms with Gasteiger partial charge in [-0.2, -0.15) is 0 Å². The minimum atomic E-state index is -0.300. The van der Waals surface area contributed by atoms with Crippen molar-refractivity contribution in [3.05, 3.63) is 21.9 Å². The van der Waals surface area contributed by atoms with E-state index >= 15 is 0 Å². The van der Waals surface area contributed by atoms with Gasteiger partial charge in [-0.25, -0.2) is 4.39 Å². The largest absolute Gasteiger partial charge is 0.454 e. The van der Waals surface area contributed by atoms with E-state index in [4.69, 9.17) is 15.2 Å². The van der Waals surface area contributed by atoms with Crippen molar-refractivity contribution < 1.29 is 13.9 Å². The maximum absolute atomic E-state index is 14.5. The van der Waals surface area contributed by atoms with Crippen LogP contribution in [0.3, 0.4) is 0 Å². The zero-order valence-corrected chi connectivity index (χ0v) is 11.6. The van der Waals surface area contributed by atoms with Crippen LogP contribution < -0.4 is 15.2 Å². The zero-order valence-electron chi connectivity index (χ0n) is 9.97. The molecule has 0 aromatic heterocycles. The van der Waals surface area contributed by atoms with Crippen LogP contribution in [0.1, 0.15) is 31.2 Å². The van der Waals surface area contributed by atoms with Crippen LogP contribution in [0.5, 0.6) is 11.5 Å². The van der Waals surface area contributed by atoms with Crippen LogP contribution in [0.25, 0.3) is 0 Å². The second-order valence-corrected chi connectivity index (χ2v) is 5.83. The number of benzene rings is 1. The average molecular weight is 316 g/mol. The molecular formula is C13H15BrFNO2.